The second-order valence-corrected chi connectivity index (χ2v) is 9.21. The molecule has 0 N–H and O–H groups in total. The van der Waals surface area contributed by atoms with E-state index in [9.17, 15) is 9.59 Å². The van der Waals surface area contributed by atoms with E-state index >= 15 is 0 Å². The Balaban J connectivity index is 1.61. The van der Waals surface area contributed by atoms with Crippen molar-refractivity contribution in [1.29, 1.82) is 0 Å². The van der Waals surface area contributed by atoms with Gasteiger partial charge in [-0.15, -0.1) is 0 Å². The minimum absolute atomic E-state index is 0.171. The van der Waals surface area contributed by atoms with Crippen LogP contribution in [0.3, 0.4) is 0 Å². The third-order valence-corrected chi connectivity index (χ3v) is 6.31. The van der Waals surface area contributed by atoms with Gasteiger partial charge in [-0.25, -0.2) is 4.79 Å². The molecule has 0 aliphatic carbocycles. The summed E-state index contributed by atoms with van der Waals surface area (Å²) in [5, 5.41) is 0. The van der Waals surface area contributed by atoms with Gasteiger partial charge in [0, 0.05) is 41.4 Å². The summed E-state index contributed by atoms with van der Waals surface area (Å²) in [4.78, 5) is 30.0. The molecule has 0 radical (unpaired) electrons. The summed E-state index contributed by atoms with van der Waals surface area (Å²) >= 11 is 1.24. The second kappa shape index (κ2) is 11.1. The monoisotopic (exact) mass is 487 g/mol. The van der Waals surface area contributed by atoms with E-state index < -0.39 is 11.6 Å². The molecule has 6 nitrogen and oxygen atoms in total. The van der Waals surface area contributed by atoms with Gasteiger partial charge in [-0.05, 0) is 47.9 Å². The fourth-order valence-electron chi connectivity index (χ4n) is 3.45. The van der Waals surface area contributed by atoms with Gasteiger partial charge in [-0.3, -0.25) is 9.78 Å². The van der Waals surface area contributed by atoms with Crippen molar-refractivity contribution < 1.29 is 18.7 Å². The van der Waals surface area contributed by atoms with Crippen LogP contribution in [0.1, 0.15) is 37.8 Å². The molecule has 0 atom stereocenters. The molecule has 0 aliphatic rings. The lowest BCUT2D eigenvalue weighted by Crippen LogP contribution is -2.10. The zero-order chi connectivity index (χ0) is 24.8. The minimum atomic E-state index is -0.570. The molecular formula is C28H25NO5S. The highest BCUT2D eigenvalue weighted by Crippen LogP contribution is 2.38. The highest BCUT2D eigenvalue weighted by atomic mass is 32.2. The largest absolute Gasteiger partial charge is 0.489 e. The number of hydrogen-bond acceptors (Lipinski definition) is 7. The fraction of sp³-hybridized carbons (Fsp3) is 0.179. The van der Waals surface area contributed by atoms with Gasteiger partial charge >= 0.3 is 11.6 Å². The third-order valence-electron chi connectivity index (χ3n) is 5.15. The molecule has 2 heterocycles. The summed E-state index contributed by atoms with van der Waals surface area (Å²) in [6.45, 7) is 5.87. The third kappa shape index (κ3) is 6.19. The summed E-state index contributed by atoms with van der Waals surface area (Å²) in [5.41, 5.74) is 2.14. The lowest BCUT2D eigenvalue weighted by atomic mass is 10.0. The zero-order valence-electron chi connectivity index (χ0n) is 19.7. The summed E-state index contributed by atoms with van der Waals surface area (Å²) in [7, 11) is 0. The molecule has 4 rings (SSSR count). The topological polar surface area (TPSA) is 78.6 Å². The molecule has 0 bridgehead atoms. The average molecular weight is 488 g/mol. The smallest absolute Gasteiger partial charge is 0.354 e. The summed E-state index contributed by atoms with van der Waals surface area (Å²) in [6, 6.07) is 20.4. The van der Waals surface area contributed by atoms with Crippen LogP contribution in [0.25, 0.3) is 11.3 Å². The van der Waals surface area contributed by atoms with Crippen molar-refractivity contribution in [2.75, 3.05) is 0 Å². The maximum absolute atomic E-state index is 13.0. The number of pyridine rings is 1. The maximum Gasteiger partial charge on any atom is 0.354 e. The first-order valence-corrected chi connectivity index (χ1v) is 12.0. The van der Waals surface area contributed by atoms with Crippen LogP contribution in [-0.4, -0.2) is 11.0 Å². The molecule has 7 heteroatoms. The van der Waals surface area contributed by atoms with Crippen molar-refractivity contribution in [3.05, 3.63) is 101 Å². The number of carbonyl (C=O) groups is 1. The SMILES string of the molecule is CC(=O)Oc1cc(-c2ccc(OCc3cccnc3)cc2)oc(=O)c1Sc1ccccc1C(C)C. The molecule has 178 valence electrons. The van der Waals surface area contributed by atoms with E-state index in [-0.39, 0.29) is 16.6 Å². The zero-order valence-corrected chi connectivity index (χ0v) is 20.5. The molecule has 0 amide bonds. The molecule has 35 heavy (non-hydrogen) atoms. The van der Waals surface area contributed by atoms with Crippen LogP contribution in [-0.2, 0) is 11.4 Å². The molecule has 0 saturated heterocycles. The van der Waals surface area contributed by atoms with Crippen molar-refractivity contribution in [2.24, 2.45) is 0 Å². The Morgan fingerprint density at radius 3 is 2.51 bits per heavy atom. The van der Waals surface area contributed by atoms with Crippen LogP contribution in [0.15, 0.2) is 98.1 Å². The quantitative estimate of drug-likeness (QED) is 0.263. The van der Waals surface area contributed by atoms with E-state index in [1.165, 1.54) is 18.7 Å². The Hall–Kier alpha value is -3.84. The van der Waals surface area contributed by atoms with Gasteiger partial charge in [-0.1, -0.05) is 49.9 Å². The molecule has 4 aromatic rings. The second-order valence-electron chi connectivity index (χ2n) is 8.15. The van der Waals surface area contributed by atoms with Crippen LogP contribution < -0.4 is 15.1 Å². The van der Waals surface area contributed by atoms with Gasteiger partial charge in [0.1, 0.15) is 23.0 Å². The van der Waals surface area contributed by atoms with Crippen LogP contribution in [0, 0.1) is 0 Å². The predicted molar refractivity (Wildman–Crippen MR) is 135 cm³/mol. The van der Waals surface area contributed by atoms with Crippen LogP contribution in [0.5, 0.6) is 11.5 Å². The van der Waals surface area contributed by atoms with Gasteiger partial charge in [0.2, 0.25) is 0 Å². The highest BCUT2D eigenvalue weighted by Gasteiger charge is 2.19. The van der Waals surface area contributed by atoms with Gasteiger partial charge in [-0.2, -0.15) is 0 Å². The van der Waals surface area contributed by atoms with Crippen LogP contribution in [0.4, 0.5) is 0 Å². The summed E-state index contributed by atoms with van der Waals surface area (Å²) < 4.78 is 16.9. The average Bonchev–Trinajstić information content (AvgIpc) is 2.85. The Morgan fingerprint density at radius 2 is 1.83 bits per heavy atom. The molecule has 0 fully saturated rings. The highest BCUT2D eigenvalue weighted by molar-refractivity contribution is 7.99. The van der Waals surface area contributed by atoms with Gasteiger partial charge in [0.25, 0.3) is 0 Å². The molecule has 0 saturated carbocycles. The Morgan fingerprint density at radius 1 is 1.06 bits per heavy atom. The van der Waals surface area contributed by atoms with Gasteiger partial charge < -0.3 is 13.9 Å². The van der Waals surface area contributed by atoms with Crippen molar-refractivity contribution in [1.82, 2.24) is 4.98 Å². The van der Waals surface area contributed by atoms with Crippen LogP contribution >= 0.6 is 11.8 Å². The van der Waals surface area contributed by atoms with Gasteiger partial charge in [0.05, 0.1) is 0 Å². The molecule has 0 aliphatic heterocycles. The number of nitrogens with zero attached hydrogens (tertiary/aromatic N) is 1. The number of rotatable bonds is 8. The Labute approximate surface area is 207 Å². The Bertz CT molecular complexity index is 1360. The first-order chi connectivity index (χ1) is 16.9. The van der Waals surface area contributed by atoms with Crippen molar-refractivity contribution in [3.63, 3.8) is 0 Å². The number of carbonyl (C=O) groups excluding carboxylic acids is 1. The van der Waals surface area contributed by atoms with E-state index in [0.717, 1.165) is 16.0 Å². The number of aromatic nitrogens is 1. The molecule has 2 aromatic carbocycles. The summed E-state index contributed by atoms with van der Waals surface area (Å²) in [6.07, 6.45) is 3.46. The van der Waals surface area contributed by atoms with Crippen molar-refractivity contribution in [3.8, 4) is 22.8 Å². The van der Waals surface area contributed by atoms with E-state index in [4.69, 9.17) is 13.9 Å². The number of esters is 1. The van der Waals surface area contributed by atoms with Crippen molar-refractivity contribution >= 4 is 17.7 Å². The normalized spacial score (nSPS) is 10.9. The standard InChI is InChI=1S/C28H25NO5S/c1-18(2)23-8-4-5-9-26(23)35-27-25(33-19(3)30)15-24(34-28(27)31)21-10-12-22(13-11-21)32-17-20-7-6-14-29-16-20/h4-16,18H,17H2,1-3H3. The number of hydrogen-bond donors (Lipinski definition) is 0. The predicted octanol–water partition coefficient (Wildman–Crippen LogP) is 6.48. The number of ether oxygens (including phenoxy) is 2. The van der Waals surface area contributed by atoms with E-state index in [2.05, 4.69) is 18.8 Å². The van der Waals surface area contributed by atoms with Crippen LogP contribution in [0.2, 0.25) is 0 Å². The molecule has 2 aromatic heterocycles. The van der Waals surface area contributed by atoms with Crippen molar-refractivity contribution in [2.45, 2.75) is 43.1 Å². The summed E-state index contributed by atoms with van der Waals surface area (Å²) in [5.74, 6) is 0.883. The molecular weight excluding hydrogens is 462 g/mol. The Kier molecular flexibility index (Phi) is 7.67. The van der Waals surface area contributed by atoms with E-state index in [1.54, 1.807) is 42.7 Å². The lowest BCUT2D eigenvalue weighted by Gasteiger charge is -2.14. The molecule has 0 spiro atoms. The molecule has 0 unspecified atom stereocenters. The maximum atomic E-state index is 13.0. The lowest BCUT2D eigenvalue weighted by molar-refractivity contribution is -0.132. The minimum Gasteiger partial charge on any atom is -0.489 e. The van der Waals surface area contributed by atoms with E-state index in [1.807, 2.05) is 36.4 Å². The first kappa shape index (κ1) is 24.3. The number of benzene rings is 2. The van der Waals surface area contributed by atoms with E-state index in [0.29, 0.717) is 23.7 Å². The van der Waals surface area contributed by atoms with Gasteiger partial charge in [0.15, 0.2) is 5.75 Å². The fourth-order valence-corrected chi connectivity index (χ4v) is 4.57. The first-order valence-electron chi connectivity index (χ1n) is 11.2.